The van der Waals surface area contributed by atoms with E-state index in [1.54, 1.807) is 6.08 Å². The maximum atomic E-state index is 12.5. The Morgan fingerprint density at radius 1 is 1.25 bits per heavy atom. The van der Waals surface area contributed by atoms with Crippen molar-refractivity contribution in [2.45, 2.75) is 46.3 Å². The molecule has 0 aliphatic carbocycles. The lowest BCUT2D eigenvalue weighted by Crippen LogP contribution is -2.18. The van der Waals surface area contributed by atoms with Gasteiger partial charge in [0.05, 0.1) is 6.10 Å². The van der Waals surface area contributed by atoms with Crippen molar-refractivity contribution in [3.8, 4) is 0 Å². The molecular formula is C23H27NO4. The second kappa shape index (κ2) is 9.02. The van der Waals surface area contributed by atoms with E-state index in [-0.39, 0.29) is 18.5 Å². The van der Waals surface area contributed by atoms with Crippen molar-refractivity contribution in [2.24, 2.45) is 0 Å². The summed E-state index contributed by atoms with van der Waals surface area (Å²) < 4.78 is 13.0. The summed E-state index contributed by atoms with van der Waals surface area (Å²) in [6.45, 7) is 7.20. The molecule has 1 aromatic carbocycles. The minimum Gasteiger partial charge on any atom is -0.454 e. The molecule has 28 heavy (non-hydrogen) atoms. The Morgan fingerprint density at radius 3 is 2.79 bits per heavy atom. The second-order valence-electron chi connectivity index (χ2n) is 7.31. The number of rotatable bonds is 7. The van der Waals surface area contributed by atoms with Crippen LogP contribution in [0.5, 0.6) is 0 Å². The third kappa shape index (κ3) is 4.98. The van der Waals surface area contributed by atoms with Gasteiger partial charge in [-0.25, -0.2) is 4.79 Å². The van der Waals surface area contributed by atoms with E-state index >= 15 is 0 Å². The predicted molar refractivity (Wildman–Crippen MR) is 108 cm³/mol. The summed E-state index contributed by atoms with van der Waals surface area (Å²) in [7, 11) is 0. The standard InChI is InChI=1S/C23H27NO4/c1-16-6-4-7-19(12-16)9-10-23(26)28-15-22(25)21-13-17(2)24(18(21)3)14-20-8-5-11-27-20/h4,6-7,9-10,12-13,20H,5,8,11,14-15H2,1-3H3/b10-9+/t20-/m1/s1. The Hall–Kier alpha value is -2.66. The average molecular weight is 381 g/mol. The number of hydrogen-bond donors (Lipinski definition) is 0. The van der Waals surface area contributed by atoms with E-state index in [0.717, 1.165) is 48.5 Å². The van der Waals surface area contributed by atoms with Gasteiger partial charge in [-0.2, -0.15) is 0 Å². The molecule has 0 radical (unpaired) electrons. The molecule has 5 nitrogen and oxygen atoms in total. The topological polar surface area (TPSA) is 57.5 Å². The van der Waals surface area contributed by atoms with E-state index in [0.29, 0.717) is 5.56 Å². The van der Waals surface area contributed by atoms with Crippen molar-refractivity contribution in [3.63, 3.8) is 0 Å². The average Bonchev–Trinajstić information content (AvgIpc) is 3.28. The highest BCUT2D eigenvalue weighted by atomic mass is 16.5. The maximum Gasteiger partial charge on any atom is 0.331 e. The van der Waals surface area contributed by atoms with Crippen LogP contribution in [0.4, 0.5) is 0 Å². The van der Waals surface area contributed by atoms with Gasteiger partial charge in [0.15, 0.2) is 6.61 Å². The molecule has 0 unspecified atom stereocenters. The lowest BCUT2D eigenvalue weighted by molar-refractivity contribution is -0.136. The number of aryl methyl sites for hydroxylation is 2. The van der Waals surface area contributed by atoms with Crippen molar-refractivity contribution in [1.29, 1.82) is 0 Å². The lowest BCUT2D eigenvalue weighted by Gasteiger charge is -2.14. The fourth-order valence-corrected chi connectivity index (χ4v) is 3.56. The first-order valence-corrected chi connectivity index (χ1v) is 9.67. The van der Waals surface area contributed by atoms with Crippen LogP contribution in [0.3, 0.4) is 0 Å². The van der Waals surface area contributed by atoms with Gasteiger partial charge in [0.2, 0.25) is 5.78 Å². The van der Waals surface area contributed by atoms with E-state index in [4.69, 9.17) is 9.47 Å². The molecule has 1 aromatic heterocycles. The Labute approximate surface area is 166 Å². The van der Waals surface area contributed by atoms with Crippen LogP contribution in [-0.2, 0) is 20.8 Å². The van der Waals surface area contributed by atoms with Crippen molar-refractivity contribution in [3.05, 3.63) is 64.5 Å². The van der Waals surface area contributed by atoms with Gasteiger partial charge in [-0.1, -0.05) is 29.8 Å². The molecule has 1 aliphatic heterocycles. The quantitative estimate of drug-likeness (QED) is 0.413. The Kier molecular flexibility index (Phi) is 6.47. The number of ketones is 1. The van der Waals surface area contributed by atoms with Crippen LogP contribution in [0.15, 0.2) is 36.4 Å². The van der Waals surface area contributed by atoms with Gasteiger partial charge in [-0.15, -0.1) is 0 Å². The summed E-state index contributed by atoms with van der Waals surface area (Å²) >= 11 is 0. The van der Waals surface area contributed by atoms with Crippen molar-refractivity contribution in [2.75, 3.05) is 13.2 Å². The number of carbonyl (C=O) groups excluding carboxylic acids is 2. The normalized spacial score (nSPS) is 16.6. The van der Waals surface area contributed by atoms with Gasteiger partial charge in [0, 0.05) is 36.2 Å². The van der Waals surface area contributed by atoms with Gasteiger partial charge in [0.1, 0.15) is 0 Å². The fraction of sp³-hybridized carbons (Fsp3) is 0.391. The number of benzene rings is 1. The zero-order valence-corrected chi connectivity index (χ0v) is 16.7. The second-order valence-corrected chi connectivity index (χ2v) is 7.31. The zero-order chi connectivity index (χ0) is 20.1. The molecule has 3 rings (SSSR count). The summed E-state index contributed by atoms with van der Waals surface area (Å²) in [4.78, 5) is 24.5. The fourth-order valence-electron chi connectivity index (χ4n) is 3.56. The molecule has 0 saturated carbocycles. The van der Waals surface area contributed by atoms with E-state index < -0.39 is 5.97 Å². The van der Waals surface area contributed by atoms with Gasteiger partial charge in [-0.3, -0.25) is 4.79 Å². The van der Waals surface area contributed by atoms with Crippen molar-refractivity contribution in [1.82, 2.24) is 4.57 Å². The first kappa shape index (κ1) is 20.1. The molecule has 0 bridgehead atoms. The third-order valence-corrected chi connectivity index (χ3v) is 5.08. The van der Waals surface area contributed by atoms with Gasteiger partial charge in [0.25, 0.3) is 0 Å². The number of nitrogens with zero attached hydrogens (tertiary/aromatic N) is 1. The van der Waals surface area contributed by atoms with Crippen LogP contribution >= 0.6 is 0 Å². The lowest BCUT2D eigenvalue weighted by atomic mass is 10.1. The first-order valence-electron chi connectivity index (χ1n) is 9.67. The van der Waals surface area contributed by atoms with Gasteiger partial charge >= 0.3 is 5.97 Å². The largest absolute Gasteiger partial charge is 0.454 e. The zero-order valence-electron chi connectivity index (χ0n) is 16.7. The third-order valence-electron chi connectivity index (χ3n) is 5.08. The van der Waals surface area contributed by atoms with E-state index in [1.165, 1.54) is 6.08 Å². The molecular weight excluding hydrogens is 354 g/mol. The first-order chi connectivity index (χ1) is 13.4. The van der Waals surface area contributed by atoms with Gasteiger partial charge < -0.3 is 14.0 Å². The van der Waals surface area contributed by atoms with Crippen LogP contribution < -0.4 is 0 Å². The Bertz CT molecular complexity index is 888. The van der Waals surface area contributed by atoms with Crippen molar-refractivity contribution < 1.29 is 19.1 Å². The number of hydrogen-bond acceptors (Lipinski definition) is 4. The highest BCUT2D eigenvalue weighted by molar-refractivity contribution is 6.00. The van der Waals surface area contributed by atoms with Crippen LogP contribution in [0.2, 0.25) is 0 Å². The number of ether oxygens (including phenoxy) is 2. The highest BCUT2D eigenvalue weighted by Crippen LogP contribution is 2.20. The summed E-state index contributed by atoms with van der Waals surface area (Å²) in [6, 6.07) is 9.66. The molecule has 1 saturated heterocycles. The van der Waals surface area contributed by atoms with Crippen molar-refractivity contribution >= 4 is 17.8 Å². The minimum atomic E-state index is -0.525. The molecule has 1 aliphatic rings. The van der Waals surface area contributed by atoms with Crippen LogP contribution in [-0.4, -0.2) is 35.6 Å². The molecule has 1 atom stereocenters. The summed E-state index contributed by atoms with van der Waals surface area (Å²) in [6.07, 6.45) is 5.38. The SMILES string of the molecule is Cc1cccc(/C=C/C(=O)OCC(=O)c2cc(C)n(C[C@H]3CCCO3)c2C)c1. The number of aromatic nitrogens is 1. The minimum absolute atomic E-state index is 0.191. The molecule has 5 heteroatoms. The smallest absolute Gasteiger partial charge is 0.331 e. The Morgan fingerprint density at radius 2 is 2.07 bits per heavy atom. The molecule has 0 spiro atoms. The number of esters is 1. The molecule has 2 heterocycles. The molecule has 1 fully saturated rings. The van der Waals surface area contributed by atoms with E-state index in [2.05, 4.69) is 4.57 Å². The summed E-state index contributed by atoms with van der Waals surface area (Å²) in [5, 5.41) is 0. The monoisotopic (exact) mass is 381 g/mol. The summed E-state index contributed by atoms with van der Waals surface area (Å²) in [5.41, 5.74) is 4.54. The van der Waals surface area contributed by atoms with Gasteiger partial charge in [-0.05, 0) is 51.3 Å². The Balaban J connectivity index is 1.57. The van der Waals surface area contributed by atoms with E-state index in [9.17, 15) is 9.59 Å². The molecule has 0 amide bonds. The number of Topliss-reactive ketones (excluding diaryl/α,β-unsaturated/α-hetero) is 1. The molecule has 148 valence electrons. The number of carbonyl (C=O) groups is 2. The van der Waals surface area contributed by atoms with Crippen LogP contribution in [0.1, 0.15) is 45.7 Å². The van der Waals surface area contributed by atoms with E-state index in [1.807, 2.05) is 51.1 Å². The van der Waals surface area contributed by atoms with Crippen LogP contribution in [0.25, 0.3) is 6.08 Å². The summed E-state index contributed by atoms with van der Waals surface area (Å²) in [5.74, 6) is -0.716. The highest BCUT2D eigenvalue weighted by Gasteiger charge is 2.21. The molecule has 2 aromatic rings. The van der Waals surface area contributed by atoms with Crippen LogP contribution in [0, 0.1) is 20.8 Å². The predicted octanol–water partition coefficient (Wildman–Crippen LogP) is 4.03. The molecule has 0 N–H and O–H groups in total. The maximum absolute atomic E-state index is 12.5.